The van der Waals surface area contributed by atoms with Crippen LogP contribution in [0.5, 0.6) is 0 Å². The van der Waals surface area contributed by atoms with Crippen LogP contribution in [0.2, 0.25) is 0 Å². The van der Waals surface area contributed by atoms with Gasteiger partial charge in [0.1, 0.15) is 17.7 Å². The van der Waals surface area contributed by atoms with Gasteiger partial charge >= 0.3 is 0 Å². The summed E-state index contributed by atoms with van der Waals surface area (Å²) >= 11 is 2.76. The highest BCUT2D eigenvalue weighted by Gasteiger charge is 2.26. The van der Waals surface area contributed by atoms with Crippen LogP contribution < -0.4 is 11.1 Å². The Balaban J connectivity index is 1.73. The third-order valence-electron chi connectivity index (χ3n) is 3.87. The van der Waals surface area contributed by atoms with Crippen LogP contribution in [0.25, 0.3) is 0 Å². The van der Waals surface area contributed by atoms with Crippen molar-refractivity contribution in [1.82, 2.24) is 25.0 Å². The van der Waals surface area contributed by atoms with Crippen molar-refractivity contribution < 1.29 is 9.53 Å². The van der Waals surface area contributed by atoms with Crippen LogP contribution in [-0.2, 0) is 21.9 Å². The van der Waals surface area contributed by atoms with Crippen molar-refractivity contribution in [2.45, 2.75) is 36.9 Å². The molecule has 2 aromatic heterocycles. The predicted molar refractivity (Wildman–Crippen MR) is 109 cm³/mol. The molecule has 1 amide bonds. The maximum atomic E-state index is 12.8. The number of carbonyl (C=O) groups excluding carboxylic acids is 1. The van der Waals surface area contributed by atoms with Crippen molar-refractivity contribution in [3.63, 3.8) is 0 Å². The molecule has 1 atom stereocenters. The van der Waals surface area contributed by atoms with Crippen molar-refractivity contribution >= 4 is 40.1 Å². The summed E-state index contributed by atoms with van der Waals surface area (Å²) in [7, 11) is 1.58. The topological polar surface area (TPSA) is 121 Å². The number of anilines is 2. The molecule has 3 aromatic rings. The number of ether oxygens (including phenoxy) is 1. The van der Waals surface area contributed by atoms with Crippen LogP contribution in [0.4, 0.5) is 11.1 Å². The monoisotopic (exact) mass is 419 g/mol. The fraction of sp³-hybridized carbons (Fsp3) is 0.353. The molecule has 0 saturated heterocycles. The van der Waals surface area contributed by atoms with Crippen LogP contribution in [0.15, 0.2) is 35.5 Å². The smallest absolute Gasteiger partial charge is 0.249 e. The first-order valence-corrected chi connectivity index (χ1v) is 10.4. The number of carbonyl (C=O) groups is 1. The van der Waals surface area contributed by atoms with E-state index >= 15 is 0 Å². The lowest BCUT2D eigenvalue weighted by molar-refractivity contribution is -0.119. The highest BCUT2D eigenvalue weighted by molar-refractivity contribution is 7.98. The van der Waals surface area contributed by atoms with Crippen LogP contribution >= 0.6 is 23.1 Å². The van der Waals surface area contributed by atoms with E-state index in [1.807, 2.05) is 37.3 Å². The molecule has 28 heavy (non-hydrogen) atoms. The van der Waals surface area contributed by atoms with E-state index in [0.717, 1.165) is 5.56 Å². The van der Waals surface area contributed by atoms with Crippen molar-refractivity contribution in [2.24, 2.45) is 0 Å². The lowest BCUT2D eigenvalue weighted by Crippen LogP contribution is -2.27. The molecule has 3 N–H and O–H groups in total. The average molecular weight is 420 g/mol. The van der Waals surface area contributed by atoms with E-state index in [1.165, 1.54) is 23.1 Å². The van der Waals surface area contributed by atoms with E-state index < -0.39 is 6.04 Å². The van der Waals surface area contributed by atoms with Gasteiger partial charge in [-0.3, -0.25) is 14.7 Å². The molecule has 0 saturated carbocycles. The van der Waals surface area contributed by atoms with Gasteiger partial charge in [-0.1, -0.05) is 60.4 Å². The molecule has 0 fully saturated rings. The molecule has 11 heteroatoms. The van der Waals surface area contributed by atoms with Gasteiger partial charge in [0.2, 0.25) is 17.0 Å². The highest BCUT2D eigenvalue weighted by atomic mass is 32.2. The zero-order valence-corrected chi connectivity index (χ0v) is 17.2. The number of amides is 1. The molecule has 148 valence electrons. The molecule has 0 radical (unpaired) electrons. The number of aromatic nitrogens is 5. The number of benzene rings is 1. The predicted octanol–water partition coefficient (Wildman–Crippen LogP) is 2.74. The molecule has 0 bridgehead atoms. The molecule has 0 aliphatic heterocycles. The maximum absolute atomic E-state index is 12.8. The van der Waals surface area contributed by atoms with Gasteiger partial charge in [0.15, 0.2) is 5.16 Å². The standard InChI is InChI=1S/C17H21N7O2S2/c1-3-12(14(25)19-16-22-20-13(28-16)9-26-2)24-15(18)21-23-17(24)27-10-11-7-5-4-6-8-11/h4-8,12H,3,9-10H2,1-2H3,(H2,18,21)(H,19,22,25). The first-order valence-electron chi connectivity index (χ1n) is 8.61. The SMILES string of the molecule is CCC(C(=O)Nc1nnc(COC)s1)n1c(N)nnc1SCc1ccccc1. The van der Waals surface area contributed by atoms with Crippen LogP contribution in [0.1, 0.15) is 30.0 Å². The fourth-order valence-corrected chi connectivity index (χ4v) is 4.22. The number of rotatable bonds is 9. The summed E-state index contributed by atoms with van der Waals surface area (Å²) in [6, 6.07) is 9.46. The fourth-order valence-electron chi connectivity index (χ4n) is 2.56. The number of thioether (sulfide) groups is 1. The van der Waals surface area contributed by atoms with E-state index in [0.29, 0.717) is 34.1 Å². The first kappa shape index (κ1) is 20.2. The second-order valence-corrected chi connectivity index (χ2v) is 7.84. The lowest BCUT2D eigenvalue weighted by Gasteiger charge is -2.18. The minimum atomic E-state index is -0.553. The summed E-state index contributed by atoms with van der Waals surface area (Å²) in [5, 5.41) is 20.6. The molecule has 2 heterocycles. The second-order valence-electron chi connectivity index (χ2n) is 5.83. The zero-order chi connectivity index (χ0) is 19.9. The van der Waals surface area contributed by atoms with Gasteiger partial charge < -0.3 is 10.5 Å². The Morgan fingerprint density at radius 2 is 2.07 bits per heavy atom. The van der Waals surface area contributed by atoms with Crippen LogP contribution in [-0.4, -0.2) is 38.0 Å². The molecule has 1 unspecified atom stereocenters. The first-order chi connectivity index (χ1) is 13.6. The summed E-state index contributed by atoms with van der Waals surface area (Å²) in [5.41, 5.74) is 7.17. The quantitative estimate of drug-likeness (QED) is 0.508. The van der Waals surface area contributed by atoms with Crippen LogP contribution in [0, 0.1) is 0 Å². The van der Waals surface area contributed by atoms with Gasteiger partial charge in [0.25, 0.3) is 0 Å². The number of methoxy groups -OCH3 is 1. The lowest BCUT2D eigenvalue weighted by atomic mass is 10.2. The van der Waals surface area contributed by atoms with Crippen molar-refractivity contribution in [3.8, 4) is 0 Å². The van der Waals surface area contributed by atoms with Crippen molar-refractivity contribution in [3.05, 3.63) is 40.9 Å². The maximum Gasteiger partial charge on any atom is 0.249 e. The van der Waals surface area contributed by atoms with E-state index in [1.54, 1.807) is 11.7 Å². The summed E-state index contributed by atoms with van der Waals surface area (Å²) in [6.07, 6.45) is 0.525. The number of nitrogens with one attached hydrogen (secondary N) is 1. The van der Waals surface area contributed by atoms with E-state index in [-0.39, 0.29) is 11.9 Å². The number of nitrogen functional groups attached to an aromatic ring is 1. The van der Waals surface area contributed by atoms with E-state index in [4.69, 9.17) is 10.5 Å². The Labute approximate surface area is 170 Å². The van der Waals surface area contributed by atoms with Gasteiger partial charge in [-0.05, 0) is 12.0 Å². The normalized spacial score (nSPS) is 12.1. The van der Waals surface area contributed by atoms with Gasteiger partial charge in [-0.25, -0.2) is 0 Å². The number of hydrogen-bond acceptors (Lipinski definition) is 9. The number of hydrogen-bond donors (Lipinski definition) is 2. The zero-order valence-electron chi connectivity index (χ0n) is 15.5. The third kappa shape index (κ3) is 4.86. The molecule has 1 aromatic carbocycles. The van der Waals surface area contributed by atoms with Gasteiger partial charge in [-0.2, -0.15) is 0 Å². The number of nitrogens with two attached hydrogens (primary N) is 1. The number of nitrogens with zero attached hydrogens (tertiary/aromatic N) is 5. The van der Waals surface area contributed by atoms with Gasteiger partial charge in [0, 0.05) is 12.9 Å². The van der Waals surface area contributed by atoms with Gasteiger partial charge in [0.05, 0.1) is 0 Å². The minimum absolute atomic E-state index is 0.204. The Kier molecular flexibility index (Phi) is 6.95. The Hall–Kier alpha value is -2.50. The molecular weight excluding hydrogens is 398 g/mol. The summed E-state index contributed by atoms with van der Waals surface area (Å²) in [5.74, 6) is 0.666. The summed E-state index contributed by atoms with van der Waals surface area (Å²) < 4.78 is 6.69. The van der Waals surface area contributed by atoms with E-state index in [9.17, 15) is 4.79 Å². The van der Waals surface area contributed by atoms with E-state index in [2.05, 4.69) is 25.7 Å². The largest absolute Gasteiger partial charge is 0.377 e. The third-order valence-corrected chi connectivity index (χ3v) is 5.69. The highest BCUT2D eigenvalue weighted by Crippen LogP contribution is 2.28. The van der Waals surface area contributed by atoms with Crippen molar-refractivity contribution in [2.75, 3.05) is 18.2 Å². The van der Waals surface area contributed by atoms with Crippen LogP contribution in [0.3, 0.4) is 0 Å². The summed E-state index contributed by atoms with van der Waals surface area (Å²) in [6.45, 7) is 2.26. The average Bonchev–Trinajstić information content (AvgIpc) is 3.29. The molecule has 9 nitrogen and oxygen atoms in total. The minimum Gasteiger partial charge on any atom is -0.377 e. The molecule has 0 aliphatic rings. The summed E-state index contributed by atoms with van der Waals surface area (Å²) in [4.78, 5) is 12.8. The molecule has 0 spiro atoms. The molecule has 0 aliphatic carbocycles. The van der Waals surface area contributed by atoms with Crippen molar-refractivity contribution in [1.29, 1.82) is 0 Å². The Bertz CT molecular complexity index is 913. The van der Waals surface area contributed by atoms with Gasteiger partial charge in [-0.15, -0.1) is 20.4 Å². The molecule has 3 rings (SSSR count). The Morgan fingerprint density at radius 3 is 2.79 bits per heavy atom. The Morgan fingerprint density at radius 1 is 1.29 bits per heavy atom. The second kappa shape index (κ2) is 9.62. The molecular formula is C17H21N7O2S2.